The second-order valence-corrected chi connectivity index (χ2v) is 6.72. The molecule has 0 unspecified atom stereocenters. The fourth-order valence-electron chi connectivity index (χ4n) is 3.08. The van der Waals surface area contributed by atoms with Gasteiger partial charge in [0.25, 0.3) is 5.91 Å². The van der Waals surface area contributed by atoms with E-state index in [1.54, 1.807) is 12.3 Å². The topological polar surface area (TPSA) is 60.1 Å². The van der Waals surface area contributed by atoms with Gasteiger partial charge < -0.3 is 14.3 Å². The Morgan fingerprint density at radius 2 is 2.00 bits per heavy atom. The van der Waals surface area contributed by atoms with Gasteiger partial charge in [0.15, 0.2) is 5.58 Å². The Labute approximate surface area is 161 Å². The molecule has 1 aromatic carbocycles. The van der Waals surface area contributed by atoms with E-state index in [9.17, 15) is 4.79 Å². The molecule has 4 aromatic rings. The zero-order valence-electron chi connectivity index (χ0n) is 14.8. The highest BCUT2D eigenvalue weighted by atomic mass is 35.5. The number of aryl methyl sites for hydroxylation is 1. The maximum atomic E-state index is 12.8. The summed E-state index contributed by atoms with van der Waals surface area (Å²) < 4.78 is 7.66. The van der Waals surface area contributed by atoms with Crippen molar-refractivity contribution < 1.29 is 9.21 Å². The number of rotatable bonds is 5. The van der Waals surface area contributed by atoms with E-state index in [2.05, 4.69) is 10.3 Å². The standard InChI is InChI=1S/C21H18ClN3O2/c1-14-10-18-20(27-14)11-19(21(26)24-12-16-7-4-5-9-23-16)25(18)13-15-6-2-3-8-17(15)22/h2-11H,12-13H2,1H3,(H,24,26). The number of pyridine rings is 1. The van der Waals surface area contributed by atoms with Gasteiger partial charge in [0.1, 0.15) is 11.5 Å². The summed E-state index contributed by atoms with van der Waals surface area (Å²) in [7, 11) is 0. The Kier molecular flexibility index (Phi) is 4.69. The predicted molar refractivity (Wildman–Crippen MR) is 105 cm³/mol. The summed E-state index contributed by atoms with van der Waals surface area (Å²) in [6.45, 7) is 2.73. The third kappa shape index (κ3) is 3.59. The number of amides is 1. The van der Waals surface area contributed by atoms with E-state index in [0.29, 0.717) is 29.4 Å². The maximum Gasteiger partial charge on any atom is 0.268 e. The summed E-state index contributed by atoms with van der Waals surface area (Å²) in [6, 6.07) is 16.9. The molecule has 1 N–H and O–H groups in total. The molecule has 136 valence electrons. The minimum atomic E-state index is -0.184. The van der Waals surface area contributed by atoms with E-state index in [0.717, 1.165) is 22.5 Å². The van der Waals surface area contributed by atoms with Crippen LogP contribution in [-0.4, -0.2) is 15.5 Å². The maximum absolute atomic E-state index is 12.8. The van der Waals surface area contributed by atoms with E-state index in [4.69, 9.17) is 16.0 Å². The largest absolute Gasteiger partial charge is 0.460 e. The Bertz CT molecular complexity index is 1100. The second-order valence-electron chi connectivity index (χ2n) is 6.32. The van der Waals surface area contributed by atoms with Gasteiger partial charge in [-0.3, -0.25) is 9.78 Å². The number of carbonyl (C=O) groups excluding carboxylic acids is 1. The van der Waals surface area contributed by atoms with Gasteiger partial charge in [-0.1, -0.05) is 35.9 Å². The van der Waals surface area contributed by atoms with Crippen LogP contribution in [0.3, 0.4) is 0 Å². The monoisotopic (exact) mass is 379 g/mol. The van der Waals surface area contributed by atoms with Gasteiger partial charge in [0.2, 0.25) is 0 Å². The third-order valence-electron chi connectivity index (χ3n) is 4.39. The highest BCUT2D eigenvalue weighted by Crippen LogP contribution is 2.26. The average molecular weight is 380 g/mol. The molecular formula is C21H18ClN3O2. The van der Waals surface area contributed by atoms with E-state index in [1.165, 1.54) is 0 Å². The molecule has 0 bridgehead atoms. The van der Waals surface area contributed by atoms with Gasteiger partial charge in [0, 0.05) is 29.9 Å². The molecule has 5 nitrogen and oxygen atoms in total. The van der Waals surface area contributed by atoms with Crippen molar-refractivity contribution >= 4 is 28.6 Å². The normalized spacial score (nSPS) is 11.0. The molecule has 0 aliphatic rings. The lowest BCUT2D eigenvalue weighted by molar-refractivity contribution is 0.0942. The molecule has 3 aromatic heterocycles. The SMILES string of the molecule is Cc1cc2c(cc(C(=O)NCc3ccccn3)n2Cc2ccccc2Cl)o1. The van der Waals surface area contributed by atoms with E-state index in [1.807, 2.05) is 60.0 Å². The number of hydrogen-bond acceptors (Lipinski definition) is 3. The quantitative estimate of drug-likeness (QED) is 0.552. The van der Waals surface area contributed by atoms with Crippen molar-refractivity contribution in [2.45, 2.75) is 20.0 Å². The van der Waals surface area contributed by atoms with Gasteiger partial charge in [-0.2, -0.15) is 0 Å². The number of nitrogens with one attached hydrogen (secondary N) is 1. The van der Waals surface area contributed by atoms with Gasteiger partial charge >= 0.3 is 0 Å². The summed E-state index contributed by atoms with van der Waals surface area (Å²) >= 11 is 6.33. The molecule has 0 saturated heterocycles. The lowest BCUT2D eigenvalue weighted by atomic mass is 10.2. The fraction of sp³-hybridized carbons (Fsp3) is 0.143. The van der Waals surface area contributed by atoms with E-state index >= 15 is 0 Å². The molecule has 0 aliphatic carbocycles. The first kappa shape index (κ1) is 17.4. The molecule has 1 amide bonds. The van der Waals surface area contributed by atoms with Crippen molar-refractivity contribution in [1.82, 2.24) is 14.9 Å². The minimum absolute atomic E-state index is 0.184. The minimum Gasteiger partial charge on any atom is -0.460 e. The van der Waals surface area contributed by atoms with Crippen LogP contribution in [0, 0.1) is 6.92 Å². The molecule has 4 rings (SSSR count). The zero-order valence-corrected chi connectivity index (χ0v) is 15.5. The van der Waals surface area contributed by atoms with Crippen LogP contribution < -0.4 is 5.32 Å². The van der Waals surface area contributed by atoms with Crippen LogP contribution >= 0.6 is 11.6 Å². The first-order valence-electron chi connectivity index (χ1n) is 8.63. The lowest BCUT2D eigenvalue weighted by Crippen LogP contribution is -2.26. The summed E-state index contributed by atoms with van der Waals surface area (Å²) in [5, 5.41) is 3.59. The number of carbonyl (C=O) groups is 1. The van der Waals surface area contributed by atoms with E-state index in [-0.39, 0.29) is 5.91 Å². The highest BCUT2D eigenvalue weighted by Gasteiger charge is 2.19. The molecule has 0 aliphatic heterocycles. The molecule has 0 radical (unpaired) electrons. The Balaban J connectivity index is 1.66. The summed E-state index contributed by atoms with van der Waals surface area (Å²) in [4.78, 5) is 17.1. The van der Waals surface area contributed by atoms with Crippen molar-refractivity contribution in [3.8, 4) is 0 Å². The molecule has 27 heavy (non-hydrogen) atoms. The van der Waals surface area contributed by atoms with Gasteiger partial charge in [-0.25, -0.2) is 0 Å². The number of furan rings is 1. The van der Waals surface area contributed by atoms with Gasteiger partial charge in [-0.05, 0) is 30.7 Å². The van der Waals surface area contributed by atoms with Crippen LogP contribution in [0.25, 0.3) is 11.1 Å². The molecule has 3 heterocycles. The summed E-state index contributed by atoms with van der Waals surface area (Å²) in [5.41, 5.74) is 3.82. The molecule has 0 fully saturated rings. The Hall–Kier alpha value is -3.05. The van der Waals surface area contributed by atoms with Crippen molar-refractivity contribution in [3.63, 3.8) is 0 Å². The third-order valence-corrected chi connectivity index (χ3v) is 4.76. The number of halogens is 1. The molecule has 0 saturated carbocycles. The van der Waals surface area contributed by atoms with Gasteiger partial charge in [0.05, 0.1) is 17.8 Å². The number of nitrogens with zero attached hydrogens (tertiary/aromatic N) is 2. The first-order valence-corrected chi connectivity index (χ1v) is 9.01. The van der Waals surface area contributed by atoms with Crippen molar-refractivity contribution in [2.75, 3.05) is 0 Å². The van der Waals surface area contributed by atoms with Gasteiger partial charge in [-0.15, -0.1) is 0 Å². The van der Waals surface area contributed by atoms with Crippen LogP contribution in [0.2, 0.25) is 5.02 Å². The fourth-order valence-corrected chi connectivity index (χ4v) is 3.28. The first-order chi connectivity index (χ1) is 13.1. The highest BCUT2D eigenvalue weighted by molar-refractivity contribution is 6.31. The predicted octanol–water partition coefficient (Wildman–Crippen LogP) is 4.57. The Morgan fingerprint density at radius 1 is 1.19 bits per heavy atom. The van der Waals surface area contributed by atoms with Crippen LogP contribution in [0.15, 0.2) is 65.2 Å². The second kappa shape index (κ2) is 7.29. The summed E-state index contributed by atoms with van der Waals surface area (Å²) in [6.07, 6.45) is 1.71. The zero-order chi connectivity index (χ0) is 18.8. The van der Waals surface area contributed by atoms with Crippen LogP contribution in [0.4, 0.5) is 0 Å². The van der Waals surface area contributed by atoms with Crippen LogP contribution in [0.1, 0.15) is 27.5 Å². The number of benzene rings is 1. The average Bonchev–Trinajstić information content (AvgIpc) is 3.19. The number of aromatic nitrogens is 2. The number of fused-ring (bicyclic) bond motifs is 1. The van der Waals surface area contributed by atoms with Crippen molar-refractivity contribution in [3.05, 3.63) is 88.5 Å². The molecule has 0 spiro atoms. The smallest absolute Gasteiger partial charge is 0.268 e. The van der Waals surface area contributed by atoms with Crippen molar-refractivity contribution in [2.24, 2.45) is 0 Å². The van der Waals surface area contributed by atoms with Crippen LogP contribution in [-0.2, 0) is 13.1 Å². The van der Waals surface area contributed by atoms with Crippen molar-refractivity contribution in [1.29, 1.82) is 0 Å². The Morgan fingerprint density at radius 3 is 2.78 bits per heavy atom. The lowest BCUT2D eigenvalue weighted by Gasteiger charge is -2.11. The molecule has 0 atom stereocenters. The molecular weight excluding hydrogens is 362 g/mol. The number of hydrogen-bond donors (Lipinski definition) is 1. The summed E-state index contributed by atoms with van der Waals surface area (Å²) in [5.74, 6) is 0.616. The van der Waals surface area contributed by atoms with E-state index < -0.39 is 0 Å². The molecule has 6 heteroatoms. The van der Waals surface area contributed by atoms with Crippen LogP contribution in [0.5, 0.6) is 0 Å².